The summed E-state index contributed by atoms with van der Waals surface area (Å²) in [5, 5.41) is 0. The highest BCUT2D eigenvalue weighted by Crippen LogP contribution is 2.16. The summed E-state index contributed by atoms with van der Waals surface area (Å²) >= 11 is 0. The molecule has 1 aromatic heterocycles. The Morgan fingerprint density at radius 2 is 2.28 bits per heavy atom. The number of benzene rings is 1. The lowest BCUT2D eigenvalue weighted by molar-refractivity contribution is 0.0520. The molecule has 0 saturated carbocycles. The lowest BCUT2D eigenvalue weighted by Gasteiger charge is -2.05. The molecule has 1 heterocycles. The Labute approximate surface area is 104 Å². The Hall–Kier alpha value is -2.17. The molecule has 0 fully saturated rings. The number of halogens is 1. The summed E-state index contributed by atoms with van der Waals surface area (Å²) in [6.45, 7) is 3.88. The van der Waals surface area contributed by atoms with Gasteiger partial charge in [-0.25, -0.2) is 14.2 Å². The standard InChI is InChI=1S/C13H13FN2O2/c1-3-18-13(17)11-7-16(8-15-11)12-6-10(14)5-4-9(12)2/h4-8H,3H2,1-2H3. The van der Waals surface area contributed by atoms with Crippen molar-refractivity contribution in [1.82, 2.24) is 9.55 Å². The number of carbonyl (C=O) groups excluding carboxylic acids is 1. The molecule has 0 aliphatic heterocycles. The second-order valence-corrected chi connectivity index (χ2v) is 3.82. The normalized spacial score (nSPS) is 10.4. The SMILES string of the molecule is CCOC(=O)c1cn(-c2cc(F)ccc2C)cn1. The zero-order valence-electron chi connectivity index (χ0n) is 10.2. The number of ether oxygens (including phenoxy) is 1. The van der Waals surface area contributed by atoms with Gasteiger partial charge in [0.25, 0.3) is 0 Å². The van der Waals surface area contributed by atoms with Gasteiger partial charge in [0, 0.05) is 6.20 Å². The van der Waals surface area contributed by atoms with Crippen molar-refractivity contribution in [3.05, 3.63) is 47.8 Å². The summed E-state index contributed by atoms with van der Waals surface area (Å²) in [5.41, 5.74) is 1.75. The van der Waals surface area contributed by atoms with E-state index in [1.54, 1.807) is 17.6 Å². The molecule has 0 unspecified atom stereocenters. The Balaban J connectivity index is 2.35. The second kappa shape index (κ2) is 5.00. The Morgan fingerprint density at radius 3 is 3.00 bits per heavy atom. The summed E-state index contributed by atoms with van der Waals surface area (Å²) in [4.78, 5) is 15.4. The number of aryl methyl sites for hydroxylation is 1. The molecule has 2 rings (SSSR count). The maximum Gasteiger partial charge on any atom is 0.358 e. The molecule has 2 aromatic rings. The quantitative estimate of drug-likeness (QED) is 0.784. The zero-order valence-corrected chi connectivity index (χ0v) is 10.2. The van der Waals surface area contributed by atoms with Crippen LogP contribution in [0.1, 0.15) is 23.0 Å². The van der Waals surface area contributed by atoms with E-state index >= 15 is 0 Å². The van der Waals surface area contributed by atoms with Gasteiger partial charge in [0.1, 0.15) is 12.1 Å². The molecule has 0 saturated heterocycles. The van der Waals surface area contributed by atoms with Crippen molar-refractivity contribution in [2.75, 3.05) is 6.61 Å². The third-order valence-electron chi connectivity index (χ3n) is 2.52. The molecule has 0 aliphatic rings. The number of hydrogen-bond acceptors (Lipinski definition) is 3. The number of hydrogen-bond donors (Lipinski definition) is 0. The van der Waals surface area contributed by atoms with E-state index in [0.717, 1.165) is 5.56 Å². The Morgan fingerprint density at radius 1 is 1.50 bits per heavy atom. The molecular weight excluding hydrogens is 235 g/mol. The van der Waals surface area contributed by atoms with Crippen LogP contribution in [0, 0.1) is 12.7 Å². The lowest BCUT2D eigenvalue weighted by atomic mass is 10.2. The first kappa shape index (κ1) is 12.3. The van der Waals surface area contributed by atoms with Gasteiger partial charge in [-0.1, -0.05) is 6.07 Å². The van der Waals surface area contributed by atoms with Crippen LogP contribution >= 0.6 is 0 Å². The fourth-order valence-electron chi connectivity index (χ4n) is 1.63. The molecule has 0 amide bonds. The zero-order chi connectivity index (χ0) is 13.1. The third kappa shape index (κ3) is 2.40. The number of carbonyl (C=O) groups is 1. The fourth-order valence-corrected chi connectivity index (χ4v) is 1.63. The van der Waals surface area contributed by atoms with Crippen LogP contribution in [-0.2, 0) is 4.74 Å². The van der Waals surface area contributed by atoms with E-state index in [9.17, 15) is 9.18 Å². The summed E-state index contributed by atoms with van der Waals surface area (Å²) in [6.07, 6.45) is 2.99. The van der Waals surface area contributed by atoms with E-state index in [0.29, 0.717) is 12.3 Å². The summed E-state index contributed by atoms with van der Waals surface area (Å²) < 4.78 is 19.6. The van der Waals surface area contributed by atoms with Gasteiger partial charge in [0.2, 0.25) is 0 Å². The van der Waals surface area contributed by atoms with Crippen LogP contribution in [0.25, 0.3) is 5.69 Å². The summed E-state index contributed by atoms with van der Waals surface area (Å²) in [6, 6.07) is 4.46. The van der Waals surface area contributed by atoms with Crippen molar-refractivity contribution >= 4 is 5.97 Å². The first-order valence-electron chi connectivity index (χ1n) is 5.59. The molecule has 0 atom stereocenters. The highest BCUT2D eigenvalue weighted by molar-refractivity contribution is 5.87. The van der Waals surface area contributed by atoms with Crippen molar-refractivity contribution in [1.29, 1.82) is 0 Å². The molecule has 94 valence electrons. The molecule has 0 radical (unpaired) electrons. The number of nitrogens with zero attached hydrogens (tertiary/aromatic N) is 2. The van der Waals surface area contributed by atoms with E-state index in [1.165, 1.54) is 24.7 Å². The fraction of sp³-hybridized carbons (Fsp3) is 0.231. The van der Waals surface area contributed by atoms with Crippen LogP contribution in [0.3, 0.4) is 0 Å². The molecule has 0 N–H and O–H groups in total. The minimum Gasteiger partial charge on any atom is -0.461 e. The molecule has 1 aromatic carbocycles. The smallest absolute Gasteiger partial charge is 0.358 e. The second-order valence-electron chi connectivity index (χ2n) is 3.82. The monoisotopic (exact) mass is 248 g/mol. The summed E-state index contributed by atoms with van der Waals surface area (Å²) in [5.74, 6) is -0.813. The minimum atomic E-state index is -0.481. The number of aromatic nitrogens is 2. The third-order valence-corrected chi connectivity index (χ3v) is 2.52. The number of imidazole rings is 1. The highest BCUT2D eigenvalue weighted by atomic mass is 19.1. The maximum absolute atomic E-state index is 13.2. The molecule has 0 bridgehead atoms. The van der Waals surface area contributed by atoms with Crippen molar-refractivity contribution in [3.8, 4) is 5.69 Å². The number of esters is 1. The van der Waals surface area contributed by atoms with Gasteiger partial charge >= 0.3 is 5.97 Å². The van der Waals surface area contributed by atoms with Gasteiger partial charge in [-0.15, -0.1) is 0 Å². The van der Waals surface area contributed by atoms with Crippen LogP contribution in [0.4, 0.5) is 4.39 Å². The topological polar surface area (TPSA) is 44.1 Å². The first-order chi connectivity index (χ1) is 8.61. The van der Waals surface area contributed by atoms with Crippen LogP contribution < -0.4 is 0 Å². The summed E-state index contributed by atoms with van der Waals surface area (Å²) in [7, 11) is 0. The van der Waals surface area contributed by atoms with Gasteiger partial charge in [-0.3, -0.25) is 0 Å². The Kier molecular flexibility index (Phi) is 3.41. The van der Waals surface area contributed by atoms with Crippen LogP contribution in [-0.4, -0.2) is 22.1 Å². The van der Waals surface area contributed by atoms with Gasteiger partial charge in [-0.2, -0.15) is 0 Å². The largest absolute Gasteiger partial charge is 0.461 e. The molecular formula is C13H13FN2O2. The average Bonchev–Trinajstić information content (AvgIpc) is 2.82. The van der Waals surface area contributed by atoms with Gasteiger partial charge in [0.05, 0.1) is 12.3 Å². The Bertz CT molecular complexity index is 578. The lowest BCUT2D eigenvalue weighted by Crippen LogP contribution is -2.04. The molecule has 18 heavy (non-hydrogen) atoms. The van der Waals surface area contributed by atoms with Crippen LogP contribution in [0.15, 0.2) is 30.7 Å². The van der Waals surface area contributed by atoms with Crippen LogP contribution in [0.5, 0.6) is 0 Å². The van der Waals surface area contributed by atoms with Crippen molar-refractivity contribution in [2.24, 2.45) is 0 Å². The highest BCUT2D eigenvalue weighted by Gasteiger charge is 2.11. The number of rotatable bonds is 3. The predicted molar refractivity (Wildman–Crippen MR) is 64.2 cm³/mol. The molecule has 0 aliphatic carbocycles. The average molecular weight is 248 g/mol. The van der Waals surface area contributed by atoms with Gasteiger partial charge < -0.3 is 9.30 Å². The maximum atomic E-state index is 13.2. The molecule has 0 spiro atoms. The van der Waals surface area contributed by atoms with E-state index < -0.39 is 5.97 Å². The molecule has 5 heteroatoms. The van der Waals surface area contributed by atoms with E-state index in [-0.39, 0.29) is 11.5 Å². The van der Waals surface area contributed by atoms with Crippen molar-refractivity contribution in [2.45, 2.75) is 13.8 Å². The van der Waals surface area contributed by atoms with Gasteiger partial charge in [0.15, 0.2) is 5.69 Å². The van der Waals surface area contributed by atoms with Crippen molar-refractivity contribution < 1.29 is 13.9 Å². The first-order valence-corrected chi connectivity index (χ1v) is 5.59. The van der Waals surface area contributed by atoms with Crippen LogP contribution in [0.2, 0.25) is 0 Å². The van der Waals surface area contributed by atoms with E-state index in [4.69, 9.17) is 4.74 Å². The molecule has 4 nitrogen and oxygen atoms in total. The minimum absolute atomic E-state index is 0.209. The van der Waals surface area contributed by atoms with E-state index in [2.05, 4.69) is 4.98 Å². The van der Waals surface area contributed by atoms with Gasteiger partial charge in [-0.05, 0) is 31.5 Å². The van der Waals surface area contributed by atoms with E-state index in [1.807, 2.05) is 6.92 Å². The predicted octanol–water partition coefficient (Wildman–Crippen LogP) is 2.50. The van der Waals surface area contributed by atoms with Crippen molar-refractivity contribution in [3.63, 3.8) is 0 Å².